The summed E-state index contributed by atoms with van der Waals surface area (Å²) in [6, 6.07) is 0. The Kier molecular flexibility index (Phi) is 123. The summed E-state index contributed by atoms with van der Waals surface area (Å²) in [5.41, 5.74) is 0. The van der Waals surface area contributed by atoms with E-state index in [9.17, 15) is 0 Å². The van der Waals surface area contributed by atoms with E-state index in [2.05, 4.69) is 0 Å². The molecule has 96 valence electrons. The van der Waals surface area contributed by atoms with Crippen molar-refractivity contribution >= 4 is 18.1 Å². The minimum absolute atomic E-state index is 0. The molecule has 0 bridgehead atoms. The van der Waals surface area contributed by atoms with Gasteiger partial charge in [0.2, 0.25) is 0 Å². The van der Waals surface area contributed by atoms with E-state index >= 15 is 0 Å². The van der Waals surface area contributed by atoms with Gasteiger partial charge < -0.3 is 49.3 Å². The third-order valence-electron chi connectivity index (χ3n) is 0. The van der Waals surface area contributed by atoms with E-state index in [1.165, 1.54) is 0 Å². The molecular weight excluding hydrogens is 332 g/mol. The summed E-state index contributed by atoms with van der Waals surface area (Å²) in [6.07, 6.45) is 0. The van der Waals surface area contributed by atoms with Crippen LogP contribution in [0.3, 0.4) is 0 Å². The Morgan fingerprint density at radius 2 is 0.611 bits per heavy atom. The maximum Gasteiger partial charge on any atom is 1.00 e. The Labute approximate surface area is 203 Å². The van der Waals surface area contributed by atoms with E-state index in [1.54, 1.807) is 0 Å². The second-order valence-corrected chi connectivity index (χ2v) is 3.29. The van der Waals surface area contributed by atoms with E-state index in [0.29, 0.717) is 0 Å². The normalized spacial score (nSPS) is 6.67. The fraction of sp³-hybridized carbons (Fsp3) is 1.00. The van der Waals surface area contributed by atoms with Crippen LogP contribution >= 0.6 is 0 Å². The van der Waals surface area contributed by atoms with Gasteiger partial charge in [0.1, 0.15) is 0 Å². The quantitative estimate of drug-likeness (QED) is 0.306. The van der Waals surface area contributed by atoms with E-state index in [4.69, 9.17) is 38.4 Å². The number of hydrogen-bond donors (Lipinski definition) is 4. The molecule has 0 aromatic heterocycles. The second kappa shape index (κ2) is 32.8. The molecule has 0 rings (SSSR count). The molecule has 0 unspecified atom stereocenters. The first-order chi connectivity index (χ1) is 4.00. The van der Waals surface area contributed by atoms with Crippen molar-refractivity contribution in [3.8, 4) is 0 Å². The van der Waals surface area contributed by atoms with Gasteiger partial charge in [-0.2, -0.15) is 0 Å². The van der Waals surface area contributed by atoms with Crippen molar-refractivity contribution < 1.29 is 173 Å². The maximum atomic E-state index is 8.91. The van der Waals surface area contributed by atoms with Gasteiger partial charge in [-0.15, -0.1) is 9.05 Å². The Balaban J connectivity index is -0.00000000314. The zero-order valence-corrected chi connectivity index (χ0v) is 19.2. The van der Waals surface area contributed by atoms with Crippen molar-refractivity contribution in [3.63, 3.8) is 0 Å². The molecular formula is C2H16Na4O10Si2. The van der Waals surface area contributed by atoms with Crippen LogP contribution in [0.2, 0.25) is 0 Å². The minimum Gasteiger partial charge on any atom is -2.00 e. The van der Waals surface area contributed by atoms with E-state index in [-0.39, 0.29) is 150 Å². The molecule has 0 saturated heterocycles. The molecule has 0 aliphatic heterocycles. The van der Waals surface area contributed by atoms with E-state index in [1.807, 2.05) is 0 Å². The zero-order chi connectivity index (χ0) is 9.00. The Bertz CT molecular complexity index is 87.9. The van der Waals surface area contributed by atoms with Crippen molar-refractivity contribution in [3.05, 3.63) is 0 Å². The predicted molar refractivity (Wildman–Crippen MR) is 39.7 cm³/mol. The van der Waals surface area contributed by atoms with Gasteiger partial charge >= 0.3 is 133 Å². The molecule has 0 amide bonds. The molecule has 0 aliphatic rings. The van der Waals surface area contributed by atoms with E-state index in [0.717, 1.165) is 0 Å². The van der Waals surface area contributed by atoms with Crippen LogP contribution in [0.4, 0.5) is 0 Å². The third-order valence-corrected chi connectivity index (χ3v) is 0. The van der Waals surface area contributed by atoms with Gasteiger partial charge in [-0.05, 0) is 0 Å². The zero-order valence-electron chi connectivity index (χ0n) is 13.2. The van der Waals surface area contributed by atoms with Gasteiger partial charge in [0.05, 0.1) is 0 Å². The summed E-state index contributed by atoms with van der Waals surface area (Å²) in [4.78, 5) is 63.6. The molecule has 0 fully saturated rings. The third kappa shape index (κ3) is 446. The first-order valence-electron chi connectivity index (χ1n) is 1.71. The van der Waals surface area contributed by atoms with Gasteiger partial charge in [-0.1, -0.05) is 14.9 Å². The summed E-state index contributed by atoms with van der Waals surface area (Å²) in [5, 5.41) is 0. The predicted octanol–water partition coefficient (Wildman–Crippen LogP) is -18.2. The van der Waals surface area contributed by atoms with Crippen LogP contribution in [0.5, 0.6) is 0 Å². The minimum atomic E-state index is -5.36. The van der Waals surface area contributed by atoms with Gasteiger partial charge in [0, 0.05) is 0 Å². The molecule has 0 aliphatic carbocycles. The SMILES string of the molecule is C.C.[H+].[H+].[H+].[H+].[Na+].[Na+].[Na+].[Na+].[O-2].[O-2].[O-][Si](O)(O)O.[O-][Si]([O-])([O-])O. The summed E-state index contributed by atoms with van der Waals surface area (Å²) < 4.78 is 0. The smallest absolute Gasteiger partial charge is 1.00 e. The Morgan fingerprint density at radius 3 is 0.611 bits per heavy atom. The topological polar surface area (TPSA) is 230 Å². The van der Waals surface area contributed by atoms with Crippen molar-refractivity contribution in [2.24, 2.45) is 0 Å². The van der Waals surface area contributed by atoms with Gasteiger partial charge in [-0.3, -0.25) is 0 Å². The van der Waals surface area contributed by atoms with Crippen LogP contribution in [0, 0.1) is 0 Å². The molecule has 0 aromatic rings. The molecule has 0 radical (unpaired) electrons. The summed E-state index contributed by atoms with van der Waals surface area (Å²) >= 11 is 0. The van der Waals surface area contributed by atoms with Crippen molar-refractivity contribution in [1.29, 1.82) is 0 Å². The molecule has 0 aromatic carbocycles. The van der Waals surface area contributed by atoms with Crippen LogP contribution in [0.25, 0.3) is 0 Å². The molecule has 16 heteroatoms. The van der Waals surface area contributed by atoms with Gasteiger partial charge in [-0.25, -0.2) is 0 Å². The van der Waals surface area contributed by atoms with Crippen LogP contribution in [0.1, 0.15) is 20.6 Å². The van der Waals surface area contributed by atoms with Gasteiger partial charge in [0.25, 0.3) is 0 Å². The van der Waals surface area contributed by atoms with Crippen molar-refractivity contribution in [1.82, 2.24) is 0 Å². The Morgan fingerprint density at radius 1 is 0.611 bits per heavy atom. The molecule has 4 N–H and O–H groups in total. The summed E-state index contributed by atoms with van der Waals surface area (Å²) in [7, 11) is -10.2. The molecule has 0 heterocycles. The van der Waals surface area contributed by atoms with Crippen molar-refractivity contribution in [2.75, 3.05) is 0 Å². The first-order valence-corrected chi connectivity index (χ1v) is 5.13. The summed E-state index contributed by atoms with van der Waals surface area (Å²) in [6.45, 7) is 0. The molecule has 18 heavy (non-hydrogen) atoms. The molecule has 0 atom stereocenters. The average molecular weight is 348 g/mol. The summed E-state index contributed by atoms with van der Waals surface area (Å²) in [5.74, 6) is 0. The first kappa shape index (κ1) is 67.3. The average Bonchev–Trinajstić information content (AvgIpc) is 1.12. The van der Waals surface area contributed by atoms with Crippen LogP contribution < -0.4 is 137 Å². The maximum absolute atomic E-state index is 8.91. The number of hydrogen-bond acceptors (Lipinski definition) is 8. The standard InChI is InChI=1S/2CH4.4Na.H3O4Si.HO4Si.2O/c;;;;;;2*1-5(2,3)4;;/h2*1H4;;;;;1-3H;1H;;/q;;4*+1;-1;-3;2*-2/p+4. The Hall–Kier alpha value is 4.03. The fourth-order valence-electron chi connectivity index (χ4n) is 0. The monoisotopic (exact) mass is 348 g/mol. The second-order valence-electron chi connectivity index (χ2n) is 1.10. The molecule has 0 spiro atoms. The largest absolute Gasteiger partial charge is 2.00 e. The van der Waals surface area contributed by atoms with Crippen LogP contribution in [0.15, 0.2) is 0 Å². The van der Waals surface area contributed by atoms with Gasteiger partial charge in [0.15, 0.2) is 0 Å². The van der Waals surface area contributed by atoms with Crippen LogP contribution in [-0.2, 0) is 11.0 Å². The number of rotatable bonds is 0. The fourth-order valence-corrected chi connectivity index (χ4v) is 0. The molecule has 10 nitrogen and oxygen atoms in total. The molecule has 0 saturated carbocycles. The van der Waals surface area contributed by atoms with Crippen LogP contribution in [-0.4, -0.2) is 37.3 Å². The van der Waals surface area contributed by atoms with E-state index < -0.39 is 18.1 Å². The van der Waals surface area contributed by atoms with Crippen molar-refractivity contribution in [2.45, 2.75) is 14.9 Å².